The Labute approximate surface area is 217 Å². The molecule has 1 aliphatic heterocycles. The van der Waals surface area contributed by atoms with Gasteiger partial charge in [0.05, 0.1) is 5.69 Å². The van der Waals surface area contributed by atoms with Crippen LogP contribution in [0.25, 0.3) is 0 Å². The van der Waals surface area contributed by atoms with E-state index in [2.05, 4.69) is 33.5 Å². The van der Waals surface area contributed by atoms with E-state index in [1.165, 1.54) is 0 Å². The molecule has 33 heavy (non-hydrogen) atoms. The molecule has 0 aliphatic carbocycles. The summed E-state index contributed by atoms with van der Waals surface area (Å²) in [6.07, 6.45) is 4.49. The lowest BCUT2D eigenvalue weighted by atomic mass is 10.0. The van der Waals surface area contributed by atoms with Crippen molar-refractivity contribution >= 4 is 36.0 Å². The molecule has 1 unspecified atom stereocenters. The van der Waals surface area contributed by atoms with Crippen LogP contribution in [0.5, 0.6) is 0 Å². The van der Waals surface area contributed by atoms with Gasteiger partial charge in [0.1, 0.15) is 5.60 Å². The lowest BCUT2D eigenvalue weighted by Crippen LogP contribution is -2.48. The van der Waals surface area contributed by atoms with Crippen molar-refractivity contribution in [1.82, 2.24) is 25.4 Å². The highest BCUT2D eigenvalue weighted by molar-refractivity contribution is 14.0. The van der Waals surface area contributed by atoms with E-state index in [4.69, 9.17) is 9.73 Å². The Morgan fingerprint density at radius 2 is 2.03 bits per heavy atom. The summed E-state index contributed by atoms with van der Waals surface area (Å²) in [5, 5.41) is 6.94. The first-order valence-electron chi connectivity index (χ1n) is 11.8. The number of rotatable bonds is 8. The fraction of sp³-hybridized carbons (Fsp3) is 0.708. The highest BCUT2D eigenvalue weighted by Gasteiger charge is 2.23. The van der Waals surface area contributed by atoms with Crippen molar-refractivity contribution in [3.63, 3.8) is 0 Å². The van der Waals surface area contributed by atoms with Gasteiger partial charge < -0.3 is 20.3 Å². The first-order chi connectivity index (χ1) is 15.2. The van der Waals surface area contributed by atoms with Gasteiger partial charge in [-0.3, -0.25) is 14.9 Å². The topological polar surface area (TPSA) is 82.1 Å². The number of likely N-dealkylation sites (tertiary alicyclic amines) is 1. The monoisotopic (exact) mass is 574 g/mol. The highest BCUT2D eigenvalue weighted by Crippen LogP contribution is 2.14. The number of guanidine groups is 1. The minimum Gasteiger partial charge on any atom is -0.444 e. The van der Waals surface area contributed by atoms with Crippen LogP contribution in [0, 0.1) is 0 Å². The van der Waals surface area contributed by atoms with E-state index in [1.54, 1.807) is 11.9 Å². The molecule has 9 heteroatoms. The summed E-state index contributed by atoms with van der Waals surface area (Å²) >= 11 is 0. The number of nitrogens with one attached hydrogen (secondary N) is 2. The smallest absolute Gasteiger partial charge is 0.410 e. The summed E-state index contributed by atoms with van der Waals surface area (Å²) in [5.74, 6) is 0.850. The minimum atomic E-state index is -0.488. The Bertz CT molecular complexity index is 717. The van der Waals surface area contributed by atoms with Crippen LogP contribution in [-0.2, 0) is 11.3 Å². The van der Waals surface area contributed by atoms with Crippen LogP contribution in [-0.4, -0.2) is 77.7 Å². The predicted octanol–water partition coefficient (Wildman–Crippen LogP) is 3.86. The molecule has 1 saturated heterocycles. The minimum absolute atomic E-state index is 0. The number of nitrogens with zero attached hydrogens (tertiary/aromatic N) is 4. The first kappa shape index (κ1) is 29.4. The van der Waals surface area contributed by atoms with Crippen LogP contribution >= 0.6 is 24.0 Å². The molecule has 2 rings (SSSR count). The Kier molecular flexibility index (Phi) is 13.0. The van der Waals surface area contributed by atoms with Crippen LogP contribution in [0.3, 0.4) is 0 Å². The number of aromatic nitrogens is 1. The molecule has 1 amide bonds. The molecule has 0 saturated carbocycles. The quantitative estimate of drug-likeness (QED) is 0.279. The number of amides is 1. The van der Waals surface area contributed by atoms with Crippen LogP contribution in [0.2, 0.25) is 0 Å². The molecule has 0 aromatic carbocycles. The van der Waals surface area contributed by atoms with Gasteiger partial charge in [0.2, 0.25) is 0 Å². The maximum atomic E-state index is 12.2. The van der Waals surface area contributed by atoms with Crippen molar-refractivity contribution in [1.29, 1.82) is 0 Å². The van der Waals surface area contributed by atoms with Crippen molar-refractivity contribution in [2.75, 3.05) is 33.2 Å². The van der Waals surface area contributed by atoms with Crippen molar-refractivity contribution in [3.8, 4) is 0 Å². The van der Waals surface area contributed by atoms with Gasteiger partial charge in [-0.15, -0.1) is 24.0 Å². The number of pyridine rings is 1. The number of hydrogen-bond donors (Lipinski definition) is 2. The number of ether oxygens (including phenoxy) is 1. The summed E-state index contributed by atoms with van der Waals surface area (Å²) < 4.78 is 5.45. The number of aliphatic imine (C=N–C) groups is 1. The Morgan fingerprint density at radius 1 is 1.33 bits per heavy atom. The van der Waals surface area contributed by atoms with E-state index in [9.17, 15) is 4.79 Å². The van der Waals surface area contributed by atoms with Crippen molar-refractivity contribution in [3.05, 3.63) is 30.1 Å². The molecule has 1 aromatic heterocycles. The summed E-state index contributed by atoms with van der Waals surface area (Å²) in [6, 6.07) is 6.54. The number of piperidine rings is 1. The van der Waals surface area contributed by atoms with E-state index in [1.807, 2.05) is 46.0 Å². The second kappa shape index (κ2) is 14.6. The van der Waals surface area contributed by atoms with Crippen molar-refractivity contribution < 1.29 is 9.53 Å². The molecular weight excluding hydrogens is 531 g/mol. The lowest BCUT2D eigenvalue weighted by Gasteiger charge is -2.33. The molecule has 2 heterocycles. The fourth-order valence-electron chi connectivity index (χ4n) is 3.54. The molecule has 0 radical (unpaired) electrons. The SMILES string of the molecule is CCNC(=NCCC(C)N(C)C(=O)OC(C)(C)C)NC1CCN(Cc2ccccn2)CC1.I. The molecule has 188 valence electrons. The predicted molar refractivity (Wildman–Crippen MR) is 145 cm³/mol. The molecule has 1 aromatic rings. The van der Waals surface area contributed by atoms with Crippen LogP contribution in [0.1, 0.15) is 59.6 Å². The third-order valence-corrected chi connectivity index (χ3v) is 5.54. The zero-order valence-electron chi connectivity index (χ0n) is 21.1. The molecule has 0 bridgehead atoms. The van der Waals surface area contributed by atoms with Gasteiger partial charge in [-0.25, -0.2) is 4.79 Å². The van der Waals surface area contributed by atoms with Crippen molar-refractivity contribution in [2.45, 2.75) is 78.1 Å². The zero-order valence-corrected chi connectivity index (χ0v) is 23.5. The normalized spacial score (nSPS) is 16.5. The Morgan fingerprint density at radius 3 is 2.61 bits per heavy atom. The highest BCUT2D eigenvalue weighted by atomic mass is 127. The summed E-state index contributed by atoms with van der Waals surface area (Å²) in [7, 11) is 1.78. The lowest BCUT2D eigenvalue weighted by molar-refractivity contribution is 0.0231. The van der Waals surface area contributed by atoms with E-state index < -0.39 is 5.60 Å². The third kappa shape index (κ3) is 11.4. The number of carbonyl (C=O) groups excluding carboxylic acids is 1. The second-order valence-corrected chi connectivity index (χ2v) is 9.51. The summed E-state index contributed by atoms with van der Waals surface area (Å²) in [6.45, 7) is 14.2. The van der Waals surface area contributed by atoms with E-state index in [-0.39, 0.29) is 36.1 Å². The standard InChI is InChI=1S/C24H42N6O2.HI/c1-7-25-22(27-15-11-19(2)29(6)23(31)32-24(3,4)5)28-20-12-16-30(17-13-20)18-21-10-8-9-14-26-21;/h8-10,14,19-20H,7,11-13,15-18H2,1-6H3,(H2,25,27,28);1H. The molecule has 0 spiro atoms. The van der Waals surface area contributed by atoms with E-state index in [0.717, 1.165) is 57.1 Å². The average molecular weight is 575 g/mol. The van der Waals surface area contributed by atoms with Gasteiger partial charge >= 0.3 is 6.09 Å². The first-order valence-corrected chi connectivity index (χ1v) is 11.8. The second-order valence-electron chi connectivity index (χ2n) is 9.51. The maximum Gasteiger partial charge on any atom is 0.410 e. The largest absolute Gasteiger partial charge is 0.444 e. The number of carbonyl (C=O) groups is 1. The molecule has 1 fully saturated rings. The van der Waals surface area contributed by atoms with Gasteiger partial charge in [-0.2, -0.15) is 0 Å². The van der Waals surface area contributed by atoms with Crippen molar-refractivity contribution in [2.24, 2.45) is 4.99 Å². The number of hydrogen-bond acceptors (Lipinski definition) is 5. The van der Waals surface area contributed by atoms with Gasteiger partial charge in [-0.05, 0) is 66.0 Å². The van der Waals surface area contributed by atoms with Gasteiger partial charge in [0.15, 0.2) is 5.96 Å². The van der Waals surface area contributed by atoms with E-state index >= 15 is 0 Å². The molecule has 1 aliphatic rings. The van der Waals surface area contributed by atoms with Gasteiger partial charge in [0.25, 0.3) is 0 Å². The fourth-order valence-corrected chi connectivity index (χ4v) is 3.54. The van der Waals surface area contributed by atoms with E-state index in [0.29, 0.717) is 12.6 Å². The molecule has 2 N–H and O–H groups in total. The maximum absolute atomic E-state index is 12.2. The van der Waals surface area contributed by atoms with Gasteiger partial charge in [-0.1, -0.05) is 6.07 Å². The zero-order chi connectivity index (χ0) is 23.6. The van der Waals surface area contributed by atoms with Crippen LogP contribution in [0.4, 0.5) is 4.79 Å². The van der Waals surface area contributed by atoms with Gasteiger partial charge in [0, 0.05) is 58.1 Å². The summed E-state index contributed by atoms with van der Waals surface area (Å²) in [5.41, 5.74) is 0.637. The van der Waals surface area contributed by atoms with Crippen LogP contribution in [0.15, 0.2) is 29.4 Å². The Hall–Kier alpha value is -1.62. The molecule has 1 atom stereocenters. The average Bonchev–Trinajstić information content (AvgIpc) is 2.74. The van der Waals surface area contributed by atoms with Crippen LogP contribution < -0.4 is 10.6 Å². The Balaban J connectivity index is 0.00000544. The number of halogens is 1. The molecular formula is C24H43IN6O2. The third-order valence-electron chi connectivity index (χ3n) is 5.54. The summed E-state index contributed by atoms with van der Waals surface area (Å²) in [4.78, 5) is 25.5. The molecule has 8 nitrogen and oxygen atoms in total.